The van der Waals surface area contributed by atoms with E-state index >= 15 is 4.39 Å². The fourth-order valence-corrected chi connectivity index (χ4v) is 7.60. The number of nitrogens with two attached hydrogens (primary N) is 1. The summed E-state index contributed by atoms with van der Waals surface area (Å²) in [7, 11) is 0. The smallest absolute Gasteiger partial charge is 0.259 e. The molecular formula is C34H36FN5O3. The number of hydrogen-bond donors (Lipinski definition) is 1. The summed E-state index contributed by atoms with van der Waals surface area (Å²) in [6, 6.07) is 13.2. The maximum atomic E-state index is 16.1. The molecule has 2 unspecified atom stereocenters. The van der Waals surface area contributed by atoms with E-state index in [-0.39, 0.29) is 28.9 Å². The zero-order valence-corrected chi connectivity index (χ0v) is 24.2. The van der Waals surface area contributed by atoms with E-state index in [1.54, 1.807) is 6.20 Å². The quantitative estimate of drug-likeness (QED) is 0.321. The molecule has 43 heavy (non-hydrogen) atoms. The fourth-order valence-electron chi connectivity index (χ4n) is 7.60. The Labute approximate surface area is 249 Å². The van der Waals surface area contributed by atoms with Gasteiger partial charge in [0.1, 0.15) is 16.8 Å². The van der Waals surface area contributed by atoms with Crippen molar-refractivity contribution in [3.63, 3.8) is 0 Å². The number of fused-ring (bicyclic) bond motifs is 3. The number of carbonyl (C=O) groups excluding carboxylic acids is 1. The maximum absolute atomic E-state index is 16.1. The van der Waals surface area contributed by atoms with Crippen LogP contribution in [0.2, 0.25) is 0 Å². The number of nitrogens with zero attached hydrogens (tertiary/aromatic N) is 4. The zero-order chi connectivity index (χ0) is 29.2. The van der Waals surface area contributed by atoms with Crippen LogP contribution in [-0.2, 0) is 0 Å². The average molecular weight is 582 g/mol. The van der Waals surface area contributed by atoms with Crippen molar-refractivity contribution in [3.05, 3.63) is 70.3 Å². The highest BCUT2D eigenvalue weighted by atomic mass is 19.1. The van der Waals surface area contributed by atoms with Crippen molar-refractivity contribution in [2.45, 2.75) is 50.6 Å². The topological polar surface area (TPSA) is 84.0 Å². The van der Waals surface area contributed by atoms with Crippen molar-refractivity contribution in [2.75, 3.05) is 44.2 Å². The van der Waals surface area contributed by atoms with E-state index in [1.807, 2.05) is 50.8 Å². The van der Waals surface area contributed by atoms with Crippen LogP contribution in [0, 0.1) is 5.82 Å². The van der Waals surface area contributed by atoms with Crippen molar-refractivity contribution in [1.82, 2.24) is 14.4 Å². The molecule has 0 aliphatic carbocycles. The summed E-state index contributed by atoms with van der Waals surface area (Å²) in [4.78, 5) is 34.7. The van der Waals surface area contributed by atoms with Crippen molar-refractivity contribution < 1.29 is 13.9 Å². The van der Waals surface area contributed by atoms with Crippen LogP contribution in [0.4, 0.5) is 10.1 Å². The number of halogens is 1. The summed E-state index contributed by atoms with van der Waals surface area (Å²) in [5.41, 5.74) is 7.33. The van der Waals surface area contributed by atoms with Crippen LogP contribution in [0.5, 0.6) is 11.5 Å². The Kier molecular flexibility index (Phi) is 6.42. The van der Waals surface area contributed by atoms with Crippen molar-refractivity contribution >= 4 is 33.3 Å². The van der Waals surface area contributed by atoms with Crippen molar-refractivity contribution in [2.24, 2.45) is 5.73 Å². The lowest BCUT2D eigenvalue weighted by molar-refractivity contribution is 0.0559. The number of ether oxygens (including phenoxy) is 1. The number of anilines is 1. The second kappa shape index (κ2) is 10.3. The lowest BCUT2D eigenvalue weighted by Crippen LogP contribution is -2.50. The van der Waals surface area contributed by atoms with E-state index < -0.39 is 11.2 Å². The zero-order valence-electron chi connectivity index (χ0n) is 24.2. The van der Waals surface area contributed by atoms with E-state index in [9.17, 15) is 9.59 Å². The Hall–Kier alpha value is -3.95. The summed E-state index contributed by atoms with van der Waals surface area (Å²) < 4.78 is 24.5. The fraction of sp³-hybridized carbons (Fsp3) is 0.412. The Morgan fingerprint density at radius 2 is 1.74 bits per heavy atom. The Balaban J connectivity index is 1.32. The number of piperidine rings is 1. The molecule has 3 saturated heterocycles. The molecule has 4 aromatic rings. The molecule has 8 rings (SSSR count). The molecule has 3 aromatic carbocycles. The van der Waals surface area contributed by atoms with Gasteiger partial charge in [0.05, 0.1) is 11.1 Å². The van der Waals surface area contributed by atoms with Crippen LogP contribution in [0.1, 0.15) is 48.9 Å². The highest BCUT2D eigenvalue weighted by Crippen LogP contribution is 2.48. The average Bonchev–Trinajstić information content (AvgIpc) is 3.69. The van der Waals surface area contributed by atoms with Crippen molar-refractivity contribution in [3.8, 4) is 17.2 Å². The predicted molar refractivity (Wildman–Crippen MR) is 166 cm³/mol. The maximum Gasteiger partial charge on any atom is 0.259 e. The first-order valence-electron chi connectivity index (χ1n) is 15.6. The molecule has 1 amide bonds. The molecule has 5 heterocycles. The number of aromatic nitrogens is 1. The summed E-state index contributed by atoms with van der Waals surface area (Å²) >= 11 is 0. The van der Waals surface area contributed by atoms with Crippen LogP contribution < -0.4 is 20.8 Å². The standard InChI is InChI=1S/C34H36FN5O3/c35-27-17-25-30-33(31(27)38-14-10-23(36)18-38)43-29-16-22-8-2-1-7-21(22)15-28(29)40(30)20-26(32(25)41)34(42)39-13-4-3-9-24(39)19-37-11-5-6-12-37/h1-2,7-8,15-17,20,23-24H,3-6,9-14,18-19,36H2. The van der Waals surface area contributed by atoms with Gasteiger partial charge in [0.25, 0.3) is 5.91 Å². The molecule has 0 spiro atoms. The molecule has 2 N–H and O–H groups in total. The van der Waals surface area contributed by atoms with Gasteiger partial charge in [0.2, 0.25) is 5.43 Å². The lowest BCUT2D eigenvalue weighted by Gasteiger charge is -2.38. The van der Waals surface area contributed by atoms with E-state index in [0.717, 1.165) is 56.1 Å². The van der Waals surface area contributed by atoms with E-state index in [2.05, 4.69) is 4.90 Å². The van der Waals surface area contributed by atoms with Gasteiger partial charge in [-0.25, -0.2) is 4.39 Å². The molecule has 4 aliphatic heterocycles. The summed E-state index contributed by atoms with van der Waals surface area (Å²) in [5, 5.41) is 2.14. The minimum absolute atomic E-state index is 0.0596. The Morgan fingerprint density at radius 3 is 2.51 bits per heavy atom. The molecule has 4 aliphatic rings. The number of likely N-dealkylation sites (tertiary alicyclic amines) is 2. The lowest BCUT2D eigenvalue weighted by atomic mass is 9.99. The molecule has 1 aromatic heterocycles. The first-order valence-corrected chi connectivity index (χ1v) is 15.6. The monoisotopic (exact) mass is 581 g/mol. The second-order valence-corrected chi connectivity index (χ2v) is 12.6. The molecule has 3 fully saturated rings. The van der Waals surface area contributed by atoms with Crippen molar-refractivity contribution in [1.29, 1.82) is 0 Å². The van der Waals surface area contributed by atoms with Crippen LogP contribution in [0.15, 0.2) is 53.5 Å². The van der Waals surface area contributed by atoms with E-state index in [4.69, 9.17) is 10.5 Å². The van der Waals surface area contributed by atoms with Gasteiger partial charge in [-0.15, -0.1) is 0 Å². The van der Waals surface area contributed by atoms with E-state index in [1.165, 1.54) is 18.9 Å². The largest absolute Gasteiger partial charge is 0.451 e. The predicted octanol–water partition coefficient (Wildman–Crippen LogP) is 5.02. The normalized spacial score (nSPS) is 21.9. The first-order chi connectivity index (χ1) is 21.0. The van der Waals surface area contributed by atoms with Crippen LogP contribution in [-0.4, -0.2) is 71.6 Å². The molecule has 0 radical (unpaired) electrons. The van der Waals surface area contributed by atoms with Gasteiger partial charge in [-0.3, -0.25) is 9.59 Å². The minimum Gasteiger partial charge on any atom is -0.451 e. The van der Waals surface area contributed by atoms with Gasteiger partial charge >= 0.3 is 0 Å². The SMILES string of the molecule is NC1CCN(c2c(F)cc3c(=O)c(C(=O)N4CCCCC4CN4CCCC4)cn4c3c2Oc2cc3ccccc3cc2-4)C1. The summed E-state index contributed by atoms with van der Waals surface area (Å²) in [6.07, 6.45) is 7.69. The minimum atomic E-state index is -0.543. The number of hydrogen-bond acceptors (Lipinski definition) is 6. The van der Waals surface area contributed by atoms with Gasteiger partial charge in [-0.1, -0.05) is 24.3 Å². The second-order valence-electron chi connectivity index (χ2n) is 12.6. The number of rotatable bonds is 4. The molecule has 0 saturated carbocycles. The Bertz CT molecular complexity index is 1830. The van der Waals surface area contributed by atoms with Crippen LogP contribution in [0.25, 0.3) is 27.4 Å². The molecule has 0 bridgehead atoms. The molecule has 8 nitrogen and oxygen atoms in total. The number of pyridine rings is 1. The third-order valence-electron chi connectivity index (χ3n) is 9.80. The highest BCUT2D eigenvalue weighted by molar-refractivity contribution is 6.02. The Morgan fingerprint density at radius 1 is 0.977 bits per heavy atom. The van der Waals surface area contributed by atoms with Gasteiger partial charge in [-0.05, 0) is 80.6 Å². The summed E-state index contributed by atoms with van der Waals surface area (Å²) in [5.74, 6) is 0.0338. The molecular weight excluding hydrogens is 545 g/mol. The number of benzene rings is 3. The third-order valence-corrected chi connectivity index (χ3v) is 9.80. The molecule has 9 heteroatoms. The van der Waals surface area contributed by atoms with E-state index in [0.29, 0.717) is 48.0 Å². The van der Waals surface area contributed by atoms with Gasteiger partial charge in [0.15, 0.2) is 17.3 Å². The van der Waals surface area contributed by atoms with Crippen LogP contribution in [0.3, 0.4) is 0 Å². The molecule has 2 atom stereocenters. The number of amides is 1. The van der Waals surface area contributed by atoms with Gasteiger partial charge in [0, 0.05) is 44.5 Å². The summed E-state index contributed by atoms with van der Waals surface area (Å²) in [6.45, 7) is 4.65. The van der Waals surface area contributed by atoms with Gasteiger partial charge in [-0.2, -0.15) is 0 Å². The van der Waals surface area contributed by atoms with Crippen LogP contribution >= 0.6 is 0 Å². The highest BCUT2D eigenvalue weighted by Gasteiger charge is 2.35. The molecule has 222 valence electrons. The first kappa shape index (κ1) is 26.7. The number of carbonyl (C=O) groups is 1. The third kappa shape index (κ3) is 4.40. The van der Waals surface area contributed by atoms with Gasteiger partial charge < -0.3 is 29.7 Å².